The summed E-state index contributed by atoms with van der Waals surface area (Å²) >= 11 is 1.43. The van der Waals surface area contributed by atoms with E-state index < -0.39 is 5.91 Å². The molecule has 0 fully saturated rings. The van der Waals surface area contributed by atoms with E-state index in [-0.39, 0.29) is 18.7 Å². The lowest BCUT2D eigenvalue weighted by Gasteiger charge is -2.03. The molecule has 0 saturated carbocycles. The molecule has 0 radical (unpaired) electrons. The van der Waals surface area contributed by atoms with Gasteiger partial charge in [0.1, 0.15) is 10.8 Å². The molecular formula is C18H18N6O2S. The molecule has 0 aliphatic rings. The first kappa shape index (κ1) is 18.5. The lowest BCUT2D eigenvalue weighted by molar-refractivity contribution is 0.102. The molecule has 1 amide bonds. The maximum atomic E-state index is 12.3. The van der Waals surface area contributed by atoms with Crippen molar-refractivity contribution in [1.82, 2.24) is 24.1 Å². The fraction of sp³-hybridized carbons (Fsp3) is 0.111. The highest BCUT2D eigenvalue weighted by molar-refractivity contribution is 7.99. The van der Waals surface area contributed by atoms with Gasteiger partial charge in [0.2, 0.25) is 0 Å². The Labute approximate surface area is 159 Å². The molecule has 1 aromatic carbocycles. The van der Waals surface area contributed by atoms with E-state index in [0.717, 1.165) is 10.2 Å². The van der Waals surface area contributed by atoms with Crippen LogP contribution in [-0.4, -0.2) is 35.2 Å². The smallest absolute Gasteiger partial charge is 0.260 e. The second kappa shape index (κ2) is 7.50. The Morgan fingerprint density at radius 3 is 2.78 bits per heavy atom. The number of imidazole rings is 2. The molecule has 138 valence electrons. The number of hydrogen-bond donors (Lipinski definition) is 2. The summed E-state index contributed by atoms with van der Waals surface area (Å²) in [6.07, 6.45) is 5.21. The molecule has 9 heteroatoms. The van der Waals surface area contributed by atoms with Crippen LogP contribution in [0.15, 0.2) is 65.2 Å². The van der Waals surface area contributed by atoms with Crippen molar-refractivity contribution < 1.29 is 9.90 Å². The minimum Gasteiger partial charge on any atom is -0.507 e. The van der Waals surface area contributed by atoms with Crippen LogP contribution >= 0.6 is 11.8 Å². The van der Waals surface area contributed by atoms with Crippen molar-refractivity contribution in [3.63, 3.8) is 0 Å². The topological polar surface area (TPSA) is 97.3 Å². The zero-order chi connectivity index (χ0) is 18.1. The highest BCUT2D eigenvalue weighted by Gasteiger charge is 2.13. The quantitative estimate of drug-likeness (QED) is 0.562. The maximum Gasteiger partial charge on any atom is 0.260 e. The molecule has 8 nitrogen and oxygen atoms in total. The standard InChI is InChI=1S/C17H14N6O2S.CH4/c1-22-9-8-18-17(22)26-15-7-6-14-19-13(10-23(14)21-15)20-16(25)11-4-2-3-5-12(11)24;/h2-10,24H,1H3,(H,20,25);1H4. The Bertz CT molecular complexity index is 1100. The summed E-state index contributed by atoms with van der Waals surface area (Å²) < 4.78 is 3.49. The third-order valence-electron chi connectivity index (χ3n) is 3.66. The highest BCUT2D eigenvalue weighted by Crippen LogP contribution is 2.24. The molecule has 2 N–H and O–H groups in total. The molecule has 0 aliphatic heterocycles. The molecule has 0 aliphatic carbocycles. The predicted octanol–water partition coefficient (Wildman–Crippen LogP) is 3.21. The summed E-state index contributed by atoms with van der Waals surface area (Å²) in [4.78, 5) is 20.9. The number of benzene rings is 1. The van der Waals surface area contributed by atoms with Gasteiger partial charge >= 0.3 is 0 Å². The van der Waals surface area contributed by atoms with Crippen LogP contribution in [0.1, 0.15) is 17.8 Å². The number of carbonyl (C=O) groups excluding carboxylic acids is 1. The van der Waals surface area contributed by atoms with Gasteiger partial charge in [-0.25, -0.2) is 14.5 Å². The third kappa shape index (κ3) is 3.77. The molecule has 0 bridgehead atoms. The molecule has 0 unspecified atom stereocenters. The number of fused-ring (bicyclic) bond motifs is 1. The van der Waals surface area contributed by atoms with Crippen molar-refractivity contribution in [2.75, 3.05) is 5.32 Å². The summed E-state index contributed by atoms with van der Waals surface area (Å²) in [5.74, 6) is -0.167. The van der Waals surface area contributed by atoms with Crippen molar-refractivity contribution in [2.45, 2.75) is 17.6 Å². The fourth-order valence-electron chi connectivity index (χ4n) is 2.37. The Kier molecular flexibility index (Phi) is 5.13. The maximum absolute atomic E-state index is 12.3. The number of amides is 1. The number of phenolic OH excluding ortho intramolecular Hbond substituents is 1. The predicted molar refractivity (Wildman–Crippen MR) is 103 cm³/mol. The molecule has 4 aromatic rings. The van der Waals surface area contributed by atoms with Crippen molar-refractivity contribution in [3.05, 3.63) is 60.6 Å². The Morgan fingerprint density at radius 1 is 1.22 bits per heavy atom. The van der Waals surface area contributed by atoms with Gasteiger partial charge in [0, 0.05) is 19.4 Å². The zero-order valence-electron chi connectivity index (χ0n) is 13.7. The molecule has 4 rings (SSSR count). The average molecular weight is 382 g/mol. The van der Waals surface area contributed by atoms with Gasteiger partial charge in [-0.15, -0.1) is 0 Å². The lowest BCUT2D eigenvalue weighted by Crippen LogP contribution is -2.12. The average Bonchev–Trinajstić information content (AvgIpc) is 3.20. The minimum absolute atomic E-state index is 0. The van der Waals surface area contributed by atoms with E-state index >= 15 is 0 Å². The van der Waals surface area contributed by atoms with Crippen LogP contribution < -0.4 is 5.32 Å². The van der Waals surface area contributed by atoms with Crippen LogP contribution in [0.2, 0.25) is 0 Å². The van der Waals surface area contributed by atoms with E-state index in [4.69, 9.17) is 0 Å². The molecule has 0 saturated heterocycles. The molecular weight excluding hydrogens is 364 g/mol. The third-order valence-corrected chi connectivity index (χ3v) is 4.66. The normalized spacial score (nSPS) is 10.6. The first-order valence-electron chi connectivity index (χ1n) is 7.71. The van der Waals surface area contributed by atoms with Crippen LogP contribution in [0, 0.1) is 0 Å². The van der Waals surface area contributed by atoms with Crippen molar-refractivity contribution >= 4 is 29.1 Å². The Hall–Kier alpha value is -3.33. The zero-order valence-corrected chi connectivity index (χ0v) is 14.5. The SMILES string of the molecule is C.Cn1ccnc1Sc1ccc2nc(NC(=O)c3ccccc3O)cn2n1. The van der Waals surface area contributed by atoms with Crippen molar-refractivity contribution in [1.29, 1.82) is 0 Å². The molecule has 0 atom stereocenters. The highest BCUT2D eigenvalue weighted by atomic mass is 32.2. The number of aromatic nitrogens is 5. The van der Waals surface area contributed by atoms with Gasteiger partial charge in [-0.2, -0.15) is 5.10 Å². The summed E-state index contributed by atoms with van der Waals surface area (Å²) in [5, 5.41) is 18.5. The lowest BCUT2D eigenvalue weighted by atomic mass is 10.2. The minimum atomic E-state index is -0.436. The van der Waals surface area contributed by atoms with Gasteiger partial charge in [0.25, 0.3) is 5.91 Å². The van der Waals surface area contributed by atoms with E-state index in [0.29, 0.717) is 11.5 Å². The number of anilines is 1. The van der Waals surface area contributed by atoms with Gasteiger partial charge < -0.3 is 15.0 Å². The molecule has 27 heavy (non-hydrogen) atoms. The van der Waals surface area contributed by atoms with Crippen LogP contribution in [0.25, 0.3) is 5.65 Å². The number of phenols is 1. The van der Waals surface area contributed by atoms with Gasteiger partial charge in [0.05, 0.1) is 11.8 Å². The summed E-state index contributed by atoms with van der Waals surface area (Å²) in [7, 11) is 1.91. The fourth-order valence-corrected chi connectivity index (χ4v) is 3.14. The second-order valence-electron chi connectivity index (χ2n) is 5.49. The first-order valence-corrected chi connectivity index (χ1v) is 8.53. The van der Waals surface area contributed by atoms with E-state index in [1.165, 1.54) is 17.8 Å². The van der Waals surface area contributed by atoms with Gasteiger partial charge in [0.15, 0.2) is 16.6 Å². The number of carbonyl (C=O) groups is 1. The Morgan fingerprint density at radius 2 is 2.04 bits per heavy atom. The summed E-state index contributed by atoms with van der Waals surface area (Å²) in [5.41, 5.74) is 0.783. The van der Waals surface area contributed by atoms with Crippen LogP contribution in [-0.2, 0) is 7.05 Å². The number of hydrogen-bond acceptors (Lipinski definition) is 6. The van der Waals surface area contributed by atoms with E-state index in [2.05, 4.69) is 20.4 Å². The Balaban J connectivity index is 0.00000210. The van der Waals surface area contributed by atoms with Crippen LogP contribution in [0.3, 0.4) is 0 Å². The molecule has 0 spiro atoms. The van der Waals surface area contributed by atoms with Gasteiger partial charge in [-0.05, 0) is 36.0 Å². The summed E-state index contributed by atoms with van der Waals surface area (Å²) in [6, 6.07) is 9.99. The number of nitrogens with one attached hydrogen (secondary N) is 1. The second-order valence-corrected chi connectivity index (χ2v) is 6.48. The summed E-state index contributed by atoms with van der Waals surface area (Å²) in [6.45, 7) is 0. The van der Waals surface area contributed by atoms with Crippen LogP contribution in [0.5, 0.6) is 5.75 Å². The number of aromatic hydroxyl groups is 1. The monoisotopic (exact) mass is 382 g/mol. The van der Waals surface area contributed by atoms with E-state index in [9.17, 15) is 9.90 Å². The van der Waals surface area contributed by atoms with Crippen LogP contribution in [0.4, 0.5) is 5.82 Å². The number of aryl methyl sites for hydroxylation is 1. The van der Waals surface area contributed by atoms with Crippen molar-refractivity contribution in [2.24, 2.45) is 7.05 Å². The first-order chi connectivity index (χ1) is 12.6. The molecule has 3 aromatic heterocycles. The number of para-hydroxylation sites is 1. The molecule has 3 heterocycles. The van der Waals surface area contributed by atoms with Gasteiger partial charge in [-0.1, -0.05) is 19.6 Å². The van der Waals surface area contributed by atoms with E-state index in [1.807, 2.05) is 29.9 Å². The van der Waals surface area contributed by atoms with E-state index in [1.54, 1.807) is 35.1 Å². The number of nitrogens with zero attached hydrogens (tertiary/aromatic N) is 5. The number of rotatable bonds is 4. The van der Waals surface area contributed by atoms with Crippen molar-refractivity contribution in [3.8, 4) is 5.75 Å². The largest absolute Gasteiger partial charge is 0.507 e. The van der Waals surface area contributed by atoms with Gasteiger partial charge in [-0.3, -0.25) is 4.79 Å².